The minimum Gasteiger partial charge on any atom is -0.508 e. The van der Waals surface area contributed by atoms with E-state index in [0.29, 0.717) is 39.7 Å². The number of phenolic OH excluding ortho intramolecular Hbond substituents is 1. The van der Waals surface area contributed by atoms with Crippen LogP contribution in [0.25, 0.3) is 32.8 Å². The zero-order chi connectivity index (χ0) is 29.3. The van der Waals surface area contributed by atoms with Gasteiger partial charge in [-0.2, -0.15) is 9.97 Å². The third kappa shape index (κ3) is 4.24. The van der Waals surface area contributed by atoms with E-state index in [4.69, 9.17) is 32.7 Å². The molecule has 4 aromatic rings. The summed E-state index contributed by atoms with van der Waals surface area (Å²) in [4.78, 5) is 14.5. The monoisotopic (exact) mass is 597 g/mol. The van der Waals surface area contributed by atoms with Crippen LogP contribution >= 0.6 is 11.6 Å². The lowest BCUT2D eigenvalue weighted by Gasteiger charge is -2.37. The van der Waals surface area contributed by atoms with Crippen LogP contribution in [0, 0.1) is 18.2 Å². The average Bonchev–Trinajstić information content (AvgIpc) is 3.65. The van der Waals surface area contributed by atoms with Crippen LogP contribution in [0.1, 0.15) is 44.1 Å². The first kappa shape index (κ1) is 26.9. The second kappa shape index (κ2) is 10.2. The number of halogens is 2. The van der Waals surface area contributed by atoms with Crippen molar-refractivity contribution < 1.29 is 14.2 Å². The molecule has 43 heavy (non-hydrogen) atoms. The lowest BCUT2D eigenvalue weighted by Crippen LogP contribution is -2.52. The molecule has 3 aromatic carbocycles. The highest BCUT2D eigenvalue weighted by Gasteiger charge is 2.45. The molecule has 4 aliphatic rings. The van der Waals surface area contributed by atoms with E-state index in [1.807, 2.05) is 12.1 Å². The molecule has 8 rings (SSSR count). The van der Waals surface area contributed by atoms with E-state index in [9.17, 15) is 5.11 Å². The Kier molecular flexibility index (Phi) is 6.41. The number of benzene rings is 3. The van der Waals surface area contributed by atoms with Crippen LogP contribution in [0.2, 0.25) is 5.02 Å². The number of ether oxygens (including phenoxy) is 1. The maximum absolute atomic E-state index is 17.0. The van der Waals surface area contributed by atoms with Crippen molar-refractivity contribution in [3.8, 4) is 35.2 Å². The van der Waals surface area contributed by atoms with Crippen molar-refractivity contribution in [1.29, 1.82) is 0 Å². The van der Waals surface area contributed by atoms with E-state index in [2.05, 4.69) is 21.0 Å². The molecule has 4 aliphatic heterocycles. The normalized spacial score (nSPS) is 22.8. The summed E-state index contributed by atoms with van der Waals surface area (Å²) in [6.07, 6.45) is 12.4. The summed E-state index contributed by atoms with van der Waals surface area (Å²) in [5, 5.41) is 16.3. The fourth-order valence-corrected chi connectivity index (χ4v) is 8.48. The quantitative estimate of drug-likeness (QED) is 0.279. The molecule has 220 valence electrons. The Hall–Kier alpha value is -3.64. The van der Waals surface area contributed by atoms with Crippen LogP contribution in [-0.4, -0.2) is 70.4 Å². The topological polar surface area (TPSA) is 73.8 Å². The number of nitrogens with one attached hydrogen (secondary N) is 1. The Morgan fingerprint density at radius 1 is 1.12 bits per heavy atom. The Labute approximate surface area is 255 Å². The number of hydrogen-bond donors (Lipinski definition) is 2. The molecule has 2 bridgehead atoms. The largest absolute Gasteiger partial charge is 0.508 e. The smallest absolute Gasteiger partial charge is 0.319 e. The van der Waals surface area contributed by atoms with Gasteiger partial charge in [0.1, 0.15) is 23.7 Å². The van der Waals surface area contributed by atoms with Gasteiger partial charge in [0.05, 0.1) is 10.6 Å². The first-order valence-corrected chi connectivity index (χ1v) is 15.6. The maximum atomic E-state index is 17.0. The SMILES string of the molecule is C#Cc1cccc2cc(O)cc(-c3c(Cl)cc4c(N5C6CCC5CNC6)nc(OCC56CCCN5CCC6)nc4c3F)c12. The van der Waals surface area contributed by atoms with Gasteiger partial charge in [-0.05, 0) is 86.8 Å². The third-order valence-electron chi connectivity index (χ3n) is 10.1. The molecule has 0 aliphatic carbocycles. The fraction of sp³-hybridized carbons (Fsp3) is 0.412. The number of anilines is 1. The van der Waals surface area contributed by atoms with Crippen molar-refractivity contribution >= 4 is 39.1 Å². The molecule has 4 fully saturated rings. The van der Waals surface area contributed by atoms with Crippen LogP contribution in [0.15, 0.2) is 36.4 Å². The van der Waals surface area contributed by atoms with Gasteiger partial charge in [-0.15, -0.1) is 6.42 Å². The van der Waals surface area contributed by atoms with Gasteiger partial charge in [0.2, 0.25) is 0 Å². The van der Waals surface area contributed by atoms with Crippen LogP contribution in [0.4, 0.5) is 10.2 Å². The van der Waals surface area contributed by atoms with Crippen molar-refractivity contribution in [2.45, 2.75) is 56.1 Å². The Bertz CT molecular complexity index is 1800. The van der Waals surface area contributed by atoms with Crippen LogP contribution < -0.4 is 15.0 Å². The number of aromatic hydroxyl groups is 1. The Balaban J connectivity index is 1.32. The van der Waals surface area contributed by atoms with E-state index < -0.39 is 5.82 Å². The zero-order valence-corrected chi connectivity index (χ0v) is 24.6. The molecule has 0 amide bonds. The molecule has 9 heteroatoms. The summed E-state index contributed by atoms with van der Waals surface area (Å²) in [6.45, 7) is 4.34. The van der Waals surface area contributed by atoms with Gasteiger partial charge in [-0.3, -0.25) is 4.90 Å². The van der Waals surface area contributed by atoms with Gasteiger partial charge in [-0.25, -0.2) is 4.39 Å². The van der Waals surface area contributed by atoms with Crippen molar-refractivity contribution in [3.05, 3.63) is 52.8 Å². The summed E-state index contributed by atoms with van der Waals surface area (Å²) in [5.74, 6) is 2.78. The van der Waals surface area contributed by atoms with E-state index in [0.717, 1.165) is 64.7 Å². The summed E-state index contributed by atoms with van der Waals surface area (Å²) >= 11 is 6.94. The predicted octanol–water partition coefficient (Wildman–Crippen LogP) is 5.88. The number of fused-ring (bicyclic) bond motifs is 5. The molecule has 2 unspecified atom stereocenters. The summed E-state index contributed by atoms with van der Waals surface area (Å²) in [6, 6.07) is 11.0. The first-order chi connectivity index (χ1) is 21.0. The predicted molar refractivity (Wildman–Crippen MR) is 167 cm³/mol. The van der Waals surface area contributed by atoms with E-state index in [1.165, 1.54) is 6.07 Å². The van der Waals surface area contributed by atoms with E-state index in [1.54, 1.807) is 18.2 Å². The summed E-state index contributed by atoms with van der Waals surface area (Å²) < 4.78 is 23.4. The van der Waals surface area contributed by atoms with Gasteiger partial charge in [0, 0.05) is 47.1 Å². The van der Waals surface area contributed by atoms with Crippen molar-refractivity contribution in [2.75, 3.05) is 37.7 Å². The highest BCUT2D eigenvalue weighted by molar-refractivity contribution is 6.35. The zero-order valence-electron chi connectivity index (χ0n) is 23.9. The number of hydrogen-bond acceptors (Lipinski definition) is 7. The minimum absolute atomic E-state index is 0.00234. The first-order valence-electron chi connectivity index (χ1n) is 15.3. The van der Waals surface area contributed by atoms with E-state index in [-0.39, 0.29) is 45.5 Å². The highest BCUT2D eigenvalue weighted by Crippen LogP contribution is 2.45. The number of aromatic nitrogens is 2. The maximum Gasteiger partial charge on any atom is 0.319 e. The molecule has 0 radical (unpaired) electrons. The minimum atomic E-state index is -0.585. The van der Waals surface area contributed by atoms with Crippen LogP contribution in [-0.2, 0) is 0 Å². The van der Waals surface area contributed by atoms with Gasteiger partial charge in [0.15, 0.2) is 5.82 Å². The second-order valence-corrected chi connectivity index (χ2v) is 12.9. The number of piperazine rings is 1. The highest BCUT2D eigenvalue weighted by atomic mass is 35.5. The van der Waals surface area contributed by atoms with Gasteiger partial charge in [-0.1, -0.05) is 29.7 Å². The van der Waals surface area contributed by atoms with Gasteiger partial charge < -0.3 is 20.1 Å². The number of phenols is 1. The number of terminal acetylenes is 1. The van der Waals surface area contributed by atoms with Crippen molar-refractivity contribution in [2.24, 2.45) is 0 Å². The van der Waals surface area contributed by atoms with Crippen LogP contribution in [0.5, 0.6) is 11.8 Å². The second-order valence-electron chi connectivity index (χ2n) is 12.5. The molecule has 5 heterocycles. The molecular formula is C34H33ClFN5O2. The molecule has 2 N–H and O–H groups in total. The van der Waals surface area contributed by atoms with Crippen LogP contribution in [0.3, 0.4) is 0 Å². The third-order valence-corrected chi connectivity index (χ3v) is 10.4. The molecule has 0 saturated carbocycles. The lowest BCUT2D eigenvalue weighted by molar-refractivity contribution is 0.108. The van der Waals surface area contributed by atoms with Crippen molar-refractivity contribution in [1.82, 2.24) is 20.2 Å². The average molecular weight is 598 g/mol. The fourth-order valence-electron chi connectivity index (χ4n) is 8.18. The standard InChI is InChI=1S/C34H33ClFN5O2/c1-2-20-6-3-7-21-14-24(42)15-25(28(20)21)29-27(35)16-26-31(30(29)36)38-33(43-19-34-10-4-12-40(34)13-5-11-34)39-32(26)41-22-8-9-23(41)18-37-17-22/h1,3,6-7,14-16,22-23,37,42H,4-5,8-13,17-19H2. The summed E-state index contributed by atoms with van der Waals surface area (Å²) in [5.41, 5.74) is 1.31. The molecule has 4 saturated heterocycles. The molecule has 7 nitrogen and oxygen atoms in total. The van der Waals surface area contributed by atoms with Crippen molar-refractivity contribution in [3.63, 3.8) is 0 Å². The van der Waals surface area contributed by atoms with Gasteiger partial charge in [0.25, 0.3) is 0 Å². The lowest BCUT2D eigenvalue weighted by atomic mass is 9.93. The Morgan fingerprint density at radius 2 is 1.88 bits per heavy atom. The number of rotatable bonds is 5. The van der Waals surface area contributed by atoms with E-state index >= 15 is 4.39 Å². The molecule has 0 spiro atoms. The molecule has 2 atom stereocenters. The summed E-state index contributed by atoms with van der Waals surface area (Å²) in [7, 11) is 0. The van der Waals surface area contributed by atoms with Gasteiger partial charge >= 0.3 is 6.01 Å². The Morgan fingerprint density at radius 3 is 2.63 bits per heavy atom. The number of nitrogens with zero attached hydrogens (tertiary/aromatic N) is 4. The molecular weight excluding hydrogens is 565 g/mol. The molecule has 1 aromatic heterocycles.